The Hall–Kier alpha value is -4.27. The van der Waals surface area contributed by atoms with Crippen LogP contribution in [0.2, 0.25) is 0 Å². The molecule has 9 heteroatoms. The molecule has 6 aromatic rings. The van der Waals surface area contributed by atoms with Gasteiger partial charge < -0.3 is 9.40 Å². The molecular formula is C19H12N8O. The first kappa shape index (κ1) is 14.9. The highest BCUT2D eigenvalue weighted by Crippen LogP contribution is 2.31. The lowest BCUT2D eigenvalue weighted by molar-refractivity contribution is 0.568. The molecule has 0 aromatic carbocycles. The number of pyridine rings is 2. The Morgan fingerprint density at radius 3 is 2.82 bits per heavy atom. The molecule has 0 aliphatic heterocycles. The molecule has 0 bridgehead atoms. The summed E-state index contributed by atoms with van der Waals surface area (Å²) in [6.45, 7) is 0. The molecule has 134 valence electrons. The van der Waals surface area contributed by atoms with Gasteiger partial charge in [-0.1, -0.05) is 0 Å². The molecule has 0 radical (unpaired) electrons. The first-order valence-electron chi connectivity index (χ1n) is 8.58. The smallest absolute Gasteiger partial charge is 0.159 e. The van der Waals surface area contributed by atoms with E-state index < -0.39 is 0 Å². The van der Waals surface area contributed by atoms with Crippen LogP contribution in [0.4, 0.5) is 0 Å². The van der Waals surface area contributed by atoms with Gasteiger partial charge in [-0.3, -0.25) is 20.2 Å². The minimum atomic E-state index is 0.656. The van der Waals surface area contributed by atoms with Gasteiger partial charge in [0.2, 0.25) is 0 Å². The topological polar surface area (TPSA) is 125 Å². The molecule has 6 rings (SSSR count). The van der Waals surface area contributed by atoms with Crippen molar-refractivity contribution in [3.05, 3.63) is 55.5 Å². The molecule has 28 heavy (non-hydrogen) atoms. The van der Waals surface area contributed by atoms with Gasteiger partial charge in [0.1, 0.15) is 16.9 Å². The number of hydrogen-bond donors (Lipinski definition) is 3. The van der Waals surface area contributed by atoms with E-state index in [1.54, 1.807) is 37.3 Å². The van der Waals surface area contributed by atoms with Crippen LogP contribution in [0.25, 0.3) is 56.0 Å². The summed E-state index contributed by atoms with van der Waals surface area (Å²) in [6, 6.07) is 5.73. The molecule has 6 heterocycles. The summed E-state index contributed by atoms with van der Waals surface area (Å²) < 4.78 is 5.19. The molecule has 0 saturated heterocycles. The van der Waals surface area contributed by atoms with Gasteiger partial charge in [0, 0.05) is 28.9 Å². The van der Waals surface area contributed by atoms with Crippen molar-refractivity contribution in [2.45, 2.75) is 0 Å². The largest absolute Gasteiger partial charge is 0.472 e. The molecule has 3 N–H and O–H groups in total. The molecule has 0 saturated carbocycles. The Labute approximate surface area is 156 Å². The summed E-state index contributed by atoms with van der Waals surface area (Å²) in [6.07, 6.45) is 10.3. The van der Waals surface area contributed by atoms with Crippen LogP contribution in [0.15, 0.2) is 59.9 Å². The quantitative estimate of drug-likeness (QED) is 0.439. The molecule has 0 aliphatic carbocycles. The third-order valence-electron chi connectivity index (χ3n) is 4.66. The monoisotopic (exact) mass is 368 g/mol. The Bertz CT molecular complexity index is 1410. The van der Waals surface area contributed by atoms with Crippen molar-refractivity contribution in [3.63, 3.8) is 0 Å². The number of hydrogen-bond acceptors (Lipinski definition) is 6. The van der Waals surface area contributed by atoms with Crippen molar-refractivity contribution in [2.75, 3.05) is 0 Å². The lowest BCUT2D eigenvalue weighted by Crippen LogP contribution is -1.84. The zero-order valence-electron chi connectivity index (χ0n) is 14.3. The van der Waals surface area contributed by atoms with Crippen molar-refractivity contribution in [2.24, 2.45) is 0 Å². The third-order valence-corrected chi connectivity index (χ3v) is 4.66. The van der Waals surface area contributed by atoms with Gasteiger partial charge in [-0.2, -0.15) is 10.2 Å². The fraction of sp³-hybridized carbons (Fsp3) is 0. The van der Waals surface area contributed by atoms with Gasteiger partial charge >= 0.3 is 0 Å². The summed E-state index contributed by atoms with van der Waals surface area (Å²) >= 11 is 0. The minimum Gasteiger partial charge on any atom is -0.472 e. The van der Waals surface area contributed by atoms with Crippen molar-refractivity contribution < 1.29 is 4.42 Å². The van der Waals surface area contributed by atoms with Crippen LogP contribution in [0.1, 0.15) is 0 Å². The van der Waals surface area contributed by atoms with Crippen LogP contribution in [-0.4, -0.2) is 40.3 Å². The van der Waals surface area contributed by atoms with E-state index in [-0.39, 0.29) is 0 Å². The van der Waals surface area contributed by atoms with E-state index in [1.165, 1.54) is 0 Å². The van der Waals surface area contributed by atoms with Crippen LogP contribution in [0.5, 0.6) is 0 Å². The van der Waals surface area contributed by atoms with Gasteiger partial charge in [0.05, 0.1) is 41.6 Å². The Morgan fingerprint density at radius 1 is 0.964 bits per heavy atom. The van der Waals surface area contributed by atoms with Crippen LogP contribution in [0, 0.1) is 0 Å². The predicted molar refractivity (Wildman–Crippen MR) is 102 cm³/mol. The second-order valence-corrected chi connectivity index (χ2v) is 6.33. The van der Waals surface area contributed by atoms with E-state index in [2.05, 4.69) is 35.3 Å². The number of nitrogens with one attached hydrogen (secondary N) is 3. The number of rotatable bonds is 3. The van der Waals surface area contributed by atoms with Gasteiger partial charge in [-0.25, -0.2) is 4.98 Å². The lowest BCUT2D eigenvalue weighted by Gasteiger charge is -1.97. The van der Waals surface area contributed by atoms with Crippen LogP contribution >= 0.6 is 0 Å². The maximum Gasteiger partial charge on any atom is 0.159 e. The second kappa shape index (κ2) is 5.61. The fourth-order valence-corrected chi connectivity index (χ4v) is 3.30. The number of imidazole rings is 1. The highest BCUT2D eigenvalue weighted by molar-refractivity contribution is 5.96. The summed E-state index contributed by atoms with van der Waals surface area (Å²) in [5.41, 5.74) is 6.54. The van der Waals surface area contributed by atoms with E-state index in [1.807, 2.05) is 18.2 Å². The van der Waals surface area contributed by atoms with E-state index in [0.29, 0.717) is 5.82 Å². The summed E-state index contributed by atoms with van der Waals surface area (Å²) in [4.78, 5) is 17.0. The van der Waals surface area contributed by atoms with Crippen LogP contribution in [0.3, 0.4) is 0 Å². The second-order valence-electron chi connectivity index (χ2n) is 6.33. The Kier molecular flexibility index (Phi) is 2.98. The molecule has 0 fully saturated rings. The zero-order chi connectivity index (χ0) is 18.5. The van der Waals surface area contributed by atoms with E-state index >= 15 is 0 Å². The molecule has 0 unspecified atom stereocenters. The number of H-pyrrole nitrogens is 3. The van der Waals surface area contributed by atoms with E-state index in [4.69, 9.17) is 9.40 Å². The van der Waals surface area contributed by atoms with Crippen molar-refractivity contribution in [3.8, 4) is 34.0 Å². The summed E-state index contributed by atoms with van der Waals surface area (Å²) in [5.74, 6) is 0.656. The molecule has 6 aromatic heterocycles. The first-order valence-corrected chi connectivity index (χ1v) is 8.58. The molecule has 9 nitrogen and oxygen atoms in total. The minimum absolute atomic E-state index is 0.656. The number of nitrogens with zero attached hydrogens (tertiary/aromatic N) is 5. The Morgan fingerprint density at radius 2 is 1.96 bits per heavy atom. The lowest BCUT2D eigenvalue weighted by atomic mass is 10.1. The average molecular weight is 368 g/mol. The third kappa shape index (κ3) is 2.16. The van der Waals surface area contributed by atoms with Gasteiger partial charge in [-0.05, 0) is 18.2 Å². The Balaban J connectivity index is 1.55. The SMILES string of the molecule is c1cc2[nH]c(-c3n[nH]c4cnc(-c5cn[nH]c5)cc34)nc2c(-c2ccoc2)n1. The standard InChI is InChI=1S/C19H12N8O/c1-3-20-16(10-2-4-28-9-10)18-13(1)24-19(25-18)17-12-5-14(11-6-22-23-7-11)21-8-15(12)26-27-17/h1-9H,(H,22,23)(H,24,25)(H,26,27). The highest BCUT2D eigenvalue weighted by Gasteiger charge is 2.17. The number of furan rings is 1. The van der Waals surface area contributed by atoms with Gasteiger partial charge in [0.15, 0.2) is 5.82 Å². The maximum atomic E-state index is 5.19. The normalized spacial score (nSPS) is 11.6. The van der Waals surface area contributed by atoms with E-state index in [0.717, 1.165) is 50.1 Å². The molecule has 0 atom stereocenters. The van der Waals surface area contributed by atoms with Crippen molar-refractivity contribution >= 4 is 21.9 Å². The van der Waals surface area contributed by atoms with Gasteiger partial charge in [0.25, 0.3) is 0 Å². The number of aromatic amines is 3. The highest BCUT2D eigenvalue weighted by atomic mass is 16.3. The fourth-order valence-electron chi connectivity index (χ4n) is 3.30. The molecular weight excluding hydrogens is 356 g/mol. The van der Waals surface area contributed by atoms with Crippen LogP contribution in [-0.2, 0) is 0 Å². The molecule has 0 amide bonds. The first-order chi connectivity index (χ1) is 13.9. The summed E-state index contributed by atoms with van der Waals surface area (Å²) in [5, 5.41) is 15.2. The molecule has 0 spiro atoms. The van der Waals surface area contributed by atoms with E-state index in [9.17, 15) is 0 Å². The van der Waals surface area contributed by atoms with Crippen molar-refractivity contribution in [1.29, 1.82) is 0 Å². The number of fused-ring (bicyclic) bond motifs is 2. The maximum absolute atomic E-state index is 5.19. The van der Waals surface area contributed by atoms with Gasteiger partial charge in [-0.15, -0.1) is 0 Å². The van der Waals surface area contributed by atoms with Crippen LogP contribution < -0.4 is 0 Å². The zero-order valence-corrected chi connectivity index (χ0v) is 14.3. The molecule has 0 aliphatic rings. The predicted octanol–water partition coefficient (Wildman–Crippen LogP) is 3.55. The number of aromatic nitrogens is 8. The average Bonchev–Trinajstić information content (AvgIpc) is 3.53. The summed E-state index contributed by atoms with van der Waals surface area (Å²) in [7, 11) is 0. The van der Waals surface area contributed by atoms with Crippen molar-refractivity contribution in [1.82, 2.24) is 40.3 Å².